The molecule has 0 saturated carbocycles. The topological polar surface area (TPSA) is 55.6 Å². The van der Waals surface area contributed by atoms with Crippen LogP contribution in [0.25, 0.3) is 0 Å². The van der Waals surface area contributed by atoms with Crippen LogP contribution in [0, 0.1) is 0 Å². The molecule has 1 aromatic carbocycles. The molecule has 1 heterocycles. The summed E-state index contributed by atoms with van der Waals surface area (Å²) in [6.07, 6.45) is 1.79. The van der Waals surface area contributed by atoms with E-state index in [1.54, 1.807) is 25.3 Å². The third-order valence-electron chi connectivity index (χ3n) is 3.64. The van der Waals surface area contributed by atoms with Gasteiger partial charge in [0.15, 0.2) is 0 Å². The quantitative estimate of drug-likeness (QED) is 0.900. The van der Waals surface area contributed by atoms with Crippen LogP contribution >= 0.6 is 27.5 Å². The maximum Gasteiger partial charge on any atom is 0.254 e. The van der Waals surface area contributed by atoms with Crippen LogP contribution in [-0.4, -0.2) is 43.2 Å². The summed E-state index contributed by atoms with van der Waals surface area (Å²) in [5.74, 6) is -0.0294. The second kappa shape index (κ2) is 6.89. The predicted octanol–water partition coefficient (Wildman–Crippen LogP) is 2.68. The zero-order chi connectivity index (χ0) is 14.7. The largest absolute Gasteiger partial charge is 0.381 e. The molecule has 0 radical (unpaired) electrons. The number of hydrogen-bond acceptors (Lipinski definition) is 3. The second-order valence-corrected chi connectivity index (χ2v) is 6.28. The van der Waals surface area contributed by atoms with E-state index in [-0.39, 0.29) is 18.1 Å². The first kappa shape index (κ1) is 15.8. The Morgan fingerprint density at radius 2 is 2.30 bits per heavy atom. The van der Waals surface area contributed by atoms with Crippen LogP contribution in [0.2, 0.25) is 5.02 Å². The molecule has 110 valence electrons. The van der Waals surface area contributed by atoms with E-state index in [0.717, 1.165) is 17.3 Å². The van der Waals surface area contributed by atoms with E-state index in [1.807, 2.05) is 4.90 Å². The number of halogens is 2. The molecular weight excluding hydrogens is 344 g/mol. The molecule has 1 aliphatic heterocycles. The van der Waals surface area contributed by atoms with Crippen LogP contribution in [0.15, 0.2) is 22.7 Å². The van der Waals surface area contributed by atoms with Gasteiger partial charge in [0, 0.05) is 41.3 Å². The highest BCUT2D eigenvalue weighted by atomic mass is 79.9. The molecule has 0 bridgehead atoms. The molecule has 2 atom stereocenters. The van der Waals surface area contributed by atoms with Gasteiger partial charge in [0.05, 0.1) is 6.10 Å². The first-order valence-corrected chi connectivity index (χ1v) is 7.72. The number of likely N-dealkylation sites (tertiary alicyclic amines) is 1. The van der Waals surface area contributed by atoms with Crippen molar-refractivity contribution in [1.29, 1.82) is 0 Å². The van der Waals surface area contributed by atoms with Crippen LogP contribution in [0.5, 0.6) is 0 Å². The summed E-state index contributed by atoms with van der Waals surface area (Å²) in [7, 11) is 1.70. The van der Waals surface area contributed by atoms with Crippen LogP contribution < -0.4 is 5.73 Å². The van der Waals surface area contributed by atoms with Crippen molar-refractivity contribution in [3.05, 3.63) is 33.3 Å². The molecule has 20 heavy (non-hydrogen) atoms. The summed E-state index contributed by atoms with van der Waals surface area (Å²) < 4.78 is 6.17. The summed E-state index contributed by atoms with van der Waals surface area (Å²) in [4.78, 5) is 14.4. The molecule has 6 heteroatoms. The van der Waals surface area contributed by atoms with Crippen molar-refractivity contribution in [3.8, 4) is 0 Å². The molecule has 1 saturated heterocycles. The molecule has 1 aliphatic rings. The summed E-state index contributed by atoms with van der Waals surface area (Å²) >= 11 is 9.36. The minimum Gasteiger partial charge on any atom is -0.381 e. The molecule has 0 spiro atoms. The SMILES string of the molecule is COC1CCN(C(=O)c2cc(Cl)cc(Br)c2)C(CN)C1. The van der Waals surface area contributed by atoms with E-state index in [9.17, 15) is 4.79 Å². The molecular formula is C14H18BrClN2O2. The average Bonchev–Trinajstić information content (AvgIpc) is 2.44. The molecule has 2 unspecified atom stereocenters. The van der Waals surface area contributed by atoms with Crippen LogP contribution in [0.3, 0.4) is 0 Å². The van der Waals surface area contributed by atoms with Gasteiger partial charge in [0.2, 0.25) is 0 Å². The molecule has 0 aliphatic carbocycles. The van der Waals surface area contributed by atoms with Crippen molar-refractivity contribution in [2.45, 2.75) is 25.0 Å². The Labute approximate surface area is 132 Å². The number of nitrogens with zero attached hydrogens (tertiary/aromatic N) is 1. The summed E-state index contributed by atoms with van der Waals surface area (Å²) in [5.41, 5.74) is 6.38. The summed E-state index contributed by atoms with van der Waals surface area (Å²) in [6, 6.07) is 5.24. The number of carbonyl (C=O) groups is 1. The number of benzene rings is 1. The fourth-order valence-electron chi connectivity index (χ4n) is 2.56. The smallest absolute Gasteiger partial charge is 0.254 e. The lowest BCUT2D eigenvalue weighted by Gasteiger charge is -2.38. The van der Waals surface area contributed by atoms with E-state index >= 15 is 0 Å². The van der Waals surface area contributed by atoms with Crippen molar-refractivity contribution in [1.82, 2.24) is 4.90 Å². The fourth-order valence-corrected chi connectivity index (χ4v) is 3.42. The Morgan fingerprint density at radius 3 is 2.90 bits per heavy atom. The van der Waals surface area contributed by atoms with Crippen molar-refractivity contribution in [3.63, 3.8) is 0 Å². The highest BCUT2D eigenvalue weighted by Crippen LogP contribution is 2.24. The van der Waals surface area contributed by atoms with Gasteiger partial charge in [0.1, 0.15) is 0 Å². The van der Waals surface area contributed by atoms with Crippen LogP contribution in [0.1, 0.15) is 23.2 Å². The molecule has 2 N–H and O–H groups in total. The second-order valence-electron chi connectivity index (χ2n) is 4.93. The Morgan fingerprint density at radius 1 is 1.55 bits per heavy atom. The van der Waals surface area contributed by atoms with Gasteiger partial charge < -0.3 is 15.4 Å². The Balaban J connectivity index is 2.19. The van der Waals surface area contributed by atoms with Gasteiger partial charge in [-0.05, 0) is 31.0 Å². The van der Waals surface area contributed by atoms with Crippen LogP contribution in [-0.2, 0) is 4.74 Å². The molecule has 0 aromatic heterocycles. The van der Waals surface area contributed by atoms with Gasteiger partial charge in [-0.25, -0.2) is 0 Å². The lowest BCUT2D eigenvalue weighted by atomic mass is 9.98. The summed E-state index contributed by atoms with van der Waals surface area (Å²) in [6.45, 7) is 1.09. The first-order valence-electron chi connectivity index (χ1n) is 6.55. The lowest BCUT2D eigenvalue weighted by Crippen LogP contribution is -2.51. The number of hydrogen-bond donors (Lipinski definition) is 1. The number of ether oxygens (including phenoxy) is 1. The number of amides is 1. The summed E-state index contributed by atoms with van der Waals surface area (Å²) in [5, 5.41) is 0.541. The zero-order valence-electron chi connectivity index (χ0n) is 11.3. The van der Waals surface area contributed by atoms with Crippen molar-refractivity contribution in [2.75, 3.05) is 20.2 Å². The Hall–Kier alpha value is -0.620. The van der Waals surface area contributed by atoms with E-state index < -0.39 is 0 Å². The van der Waals surface area contributed by atoms with Gasteiger partial charge in [-0.1, -0.05) is 27.5 Å². The standard InChI is InChI=1S/C14H18BrClN2O2/c1-20-13-2-3-18(12(7-13)8-17)14(19)9-4-10(15)6-11(16)5-9/h4-6,12-13H,2-3,7-8,17H2,1H3. The highest BCUT2D eigenvalue weighted by Gasteiger charge is 2.31. The predicted molar refractivity (Wildman–Crippen MR) is 83.1 cm³/mol. The van der Waals surface area contributed by atoms with Gasteiger partial charge in [-0.3, -0.25) is 4.79 Å². The maximum absolute atomic E-state index is 12.6. The van der Waals surface area contributed by atoms with Crippen LogP contribution in [0.4, 0.5) is 0 Å². The number of nitrogens with two attached hydrogens (primary N) is 1. The zero-order valence-corrected chi connectivity index (χ0v) is 13.7. The lowest BCUT2D eigenvalue weighted by molar-refractivity contribution is 0.0139. The number of methoxy groups -OCH3 is 1. The van der Waals surface area contributed by atoms with Crippen molar-refractivity contribution in [2.24, 2.45) is 5.73 Å². The molecule has 1 amide bonds. The van der Waals surface area contributed by atoms with Gasteiger partial charge >= 0.3 is 0 Å². The van der Waals surface area contributed by atoms with Gasteiger partial charge in [0.25, 0.3) is 5.91 Å². The van der Waals surface area contributed by atoms with E-state index in [0.29, 0.717) is 23.7 Å². The average molecular weight is 362 g/mol. The van der Waals surface area contributed by atoms with Crippen molar-refractivity contribution >= 4 is 33.4 Å². The minimum atomic E-state index is -0.0294. The highest BCUT2D eigenvalue weighted by molar-refractivity contribution is 9.10. The number of rotatable bonds is 3. The molecule has 1 aromatic rings. The fraction of sp³-hybridized carbons (Fsp3) is 0.500. The molecule has 2 rings (SSSR count). The normalized spacial score (nSPS) is 22.9. The Kier molecular flexibility index (Phi) is 5.43. The number of carbonyl (C=O) groups excluding carboxylic acids is 1. The number of piperidine rings is 1. The maximum atomic E-state index is 12.6. The monoisotopic (exact) mass is 360 g/mol. The Bertz CT molecular complexity index is 478. The van der Waals surface area contributed by atoms with Gasteiger partial charge in [-0.15, -0.1) is 0 Å². The molecule has 4 nitrogen and oxygen atoms in total. The minimum absolute atomic E-state index is 0.0129. The van der Waals surface area contributed by atoms with E-state index in [1.165, 1.54) is 0 Å². The third kappa shape index (κ3) is 3.52. The van der Waals surface area contributed by atoms with Gasteiger partial charge in [-0.2, -0.15) is 0 Å². The first-order chi connectivity index (χ1) is 9.55. The molecule has 1 fully saturated rings. The van der Waals surface area contributed by atoms with E-state index in [2.05, 4.69) is 15.9 Å². The van der Waals surface area contributed by atoms with E-state index in [4.69, 9.17) is 22.1 Å². The van der Waals surface area contributed by atoms with Crippen molar-refractivity contribution < 1.29 is 9.53 Å². The third-order valence-corrected chi connectivity index (χ3v) is 4.32.